The van der Waals surface area contributed by atoms with Gasteiger partial charge in [0.05, 0.1) is 12.8 Å². The van der Waals surface area contributed by atoms with Crippen LogP contribution in [0.3, 0.4) is 0 Å². The Labute approximate surface area is 111 Å². The molecule has 3 atom stereocenters. The molecule has 2 heterocycles. The van der Waals surface area contributed by atoms with Gasteiger partial charge >= 0.3 is 0 Å². The van der Waals surface area contributed by atoms with Gasteiger partial charge in [-0.05, 0) is 37.3 Å². The predicted molar refractivity (Wildman–Crippen MR) is 74.4 cm³/mol. The van der Waals surface area contributed by atoms with Crippen molar-refractivity contribution in [2.75, 3.05) is 19.6 Å². The standard InChI is InChI=1S/C15H26N2O/c1-12-9-13(2)14(3)17(11-12)7-6-16-10-15-5-4-8-18-15/h4-5,8,12-14,16H,6-7,9-11H2,1-3H3. The van der Waals surface area contributed by atoms with Gasteiger partial charge in [0.2, 0.25) is 0 Å². The summed E-state index contributed by atoms with van der Waals surface area (Å²) in [5.41, 5.74) is 0. The molecule has 3 nitrogen and oxygen atoms in total. The zero-order valence-corrected chi connectivity index (χ0v) is 11.9. The van der Waals surface area contributed by atoms with Crippen molar-refractivity contribution in [2.24, 2.45) is 11.8 Å². The molecule has 0 spiro atoms. The van der Waals surface area contributed by atoms with E-state index in [2.05, 4.69) is 31.0 Å². The molecule has 1 aromatic heterocycles. The lowest BCUT2D eigenvalue weighted by Gasteiger charge is -2.41. The number of furan rings is 1. The average Bonchev–Trinajstić information content (AvgIpc) is 2.83. The molecule has 2 rings (SSSR count). The number of rotatable bonds is 5. The van der Waals surface area contributed by atoms with Crippen LogP contribution in [0.15, 0.2) is 22.8 Å². The van der Waals surface area contributed by atoms with Crippen LogP contribution < -0.4 is 5.32 Å². The Hall–Kier alpha value is -0.800. The summed E-state index contributed by atoms with van der Waals surface area (Å²) in [4.78, 5) is 2.62. The number of hydrogen-bond acceptors (Lipinski definition) is 3. The van der Waals surface area contributed by atoms with Crippen LogP contribution in [-0.4, -0.2) is 30.6 Å². The maximum Gasteiger partial charge on any atom is 0.117 e. The van der Waals surface area contributed by atoms with Crippen molar-refractivity contribution in [2.45, 2.75) is 39.8 Å². The highest BCUT2D eigenvalue weighted by atomic mass is 16.3. The Kier molecular flexibility index (Phi) is 4.84. The molecule has 0 radical (unpaired) electrons. The van der Waals surface area contributed by atoms with E-state index in [1.807, 2.05) is 12.1 Å². The Morgan fingerprint density at radius 2 is 2.22 bits per heavy atom. The van der Waals surface area contributed by atoms with Gasteiger partial charge in [0.25, 0.3) is 0 Å². The van der Waals surface area contributed by atoms with E-state index >= 15 is 0 Å². The molecule has 1 saturated heterocycles. The molecular formula is C15H26N2O. The zero-order valence-electron chi connectivity index (χ0n) is 11.9. The molecule has 1 aliphatic heterocycles. The first-order chi connectivity index (χ1) is 8.66. The van der Waals surface area contributed by atoms with Gasteiger partial charge in [-0.15, -0.1) is 0 Å². The highest BCUT2D eigenvalue weighted by Gasteiger charge is 2.27. The monoisotopic (exact) mass is 250 g/mol. The highest BCUT2D eigenvalue weighted by Crippen LogP contribution is 2.26. The fraction of sp³-hybridized carbons (Fsp3) is 0.733. The molecule has 0 amide bonds. The summed E-state index contributed by atoms with van der Waals surface area (Å²) in [7, 11) is 0. The summed E-state index contributed by atoms with van der Waals surface area (Å²) in [5.74, 6) is 2.67. The van der Waals surface area contributed by atoms with E-state index in [0.717, 1.165) is 37.2 Å². The maximum atomic E-state index is 5.30. The Morgan fingerprint density at radius 3 is 2.94 bits per heavy atom. The van der Waals surface area contributed by atoms with Gasteiger partial charge in [-0.1, -0.05) is 13.8 Å². The van der Waals surface area contributed by atoms with Crippen molar-refractivity contribution in [1.29, 1.82) is 0 Å². The Balaban J connectivity index is 1.69. The van der Waals surface area contributed by atoms with Crippen LogP contribution in [0, 0.1) is 11.8 Å². The number of nitrogens with zero attached hydrogens (tertiary/aromatic N) is 1. The third-order valence-electron chi connectivity index (χ3n) is 4.17. The lowest BCUT2D eigenvalue weighted by atomic mass is 9.86. The van der Waals surface area contributed by atoms with E-state index in [1.54, 1.807) is 6.26 Å². The molecule has 0 aromatic carbocycles. The van der Waals surface area contributed by atoms with E-state index in [4.69, 9.17) is 4.42 Å². The molecule has 102 valence electrons. The summed E-state index contributed by atoms with van der Waals surface area (Å²) in [6, 6.07) is 4.67. The van der Waals surface area contributed by atoms with Gasteiger partial charge in [0.1, 0.15) is 5.76 Å². The van der Waals surface area contributed by atoms with E-state index < -0.39 is 0 Å². The van der Waals surface area contributed by atoms with Crippen LogP contribution in [0.1, 0.15) is 33.0 Å². The largest absolute Gasteiger partial charge is 0.468 e. The second-order valence-corrected chi connectivity index (χ2v) is 5.81. The van der Waals surface area contributed by atoms with E-state index in [1.165, 1.54) is 13.0 Å². The minimum Gasteiger partial charge on any atom is -0.468 e. The Bertz CT molecular complexity index is 336. The molecule has 18 heavy (non-hydrogen) atoms. The molecule has 3 unspecified atom stereocenters. The third-order valence-corrected chi connectivity index (χ3v) is 4.17. The van der Waals surface area contributed by atoms with E-state index in [9.17, 15) is 0 Å². The molecule has 3 heteroatoms. The summed E-state index contributed by atoms with van der Waals surface area (Å²) in [5, 5.41) is 3.45. The highest BCUT2D eigenvalue weighted by molar-refractivity contribution is 4.97. The van der Waals surface area contributed by atoms with Crippen molar-refractivity contribution in [1.82, 2.24) is 10.2 Å². The van der Waals surface area contributed by atoms with Crippen molar-refractivity contribution >= 4 is 0 Å². The maximum absolute atomic E-state index is 5.30. The number of piperidine rings is 1. The molecule has 1 aliphatic rings. The average molecular weight is 250 g/mol. The van der Waals surface area contributed by atoms with Gasteiger partial charge < -0.3 is 9.73 Å². The summed E-state index contributed by atoms with van der Waals surface area (Å²) in [6.07, 6.45) is 3.10. The van der Waals surface area contributed by atoms with Crippen molar-refractivity contribution in [3.8, 4) is 0 Å². The van der Waals surface area contributed by atoms with Crippen LogP contribution in [0.25, 0.3) is 0 Å². The van der Waals surface area contributed by atoms with Crippen LogP contribution >= 0.6 is 0 Å². The third kappa shape index (κ3) is 3.59. The van der Waals surface area contributed by atoms with Gasteiger partial charge in [0, 0.05) is 25.7 Å². The molecule has 1 aromatic rings. The van der Waals surface area contributed by atoms with Gasteiger partial charge in [-0.3, -0.25) is 4.90 Å². The molecule has 1 N–H and O–H groups in total. The quantitative estimate of drug-likeness (QED) is 0.815. The first kappa shape index (κ1) is 13.6. The smallest absolute Gasteiger partial charge is 0.117 e. The van der Waals surface area contributed by atoms with E-state index in [-0.39, 0.29) is 0 Å². The molecule has 0 saturated carbocycles. The minimum atomic E-state index is 0.714. The van der Waals surface area contributed by atoms with Gasteiger partial charge in [0.15, 0.2) is 0 Å². The summed E-state index contributed by atoms with van der Waals surface area (Å²) >= 11 is 0. The minimum absolute atomic E-state index is 0.714. The zero-order chi connectivity index (χ0) is 13.0. The second kappa shape index (κ2) is 6.39. The molecule has 1 fully saturated rings. The first-order valence-electron chi connectivity index (χ1n) is 7.14. The summed E-state index contributed by atoms with van der Waals surface area (Å²) in [6.45, 7) is 11.4. The normalized spacial score (nSPS) is 29.6. The number of likely N-dealkylation sites (tertiary alicyclic amines) is 1. The molecule has 0 aliphatic carbocycles. The first-order valence-corrected chi connectivity index (χ1v) is 7.14. The lowest BCUT2D eigenvalue weighted by Crippen LogP contribution is -2.47. The summed E-state index contributed by atoms with van der Waals surface area (Å²) < 4.78 is 5.30. The number of hydrogen-bond donors (Lipinski definition) is 1. The Morgan fingerprint density at radius 1 is 1.39 bits per heavy atom. The van der Waals surface area contributed by atoms with Crippen molar-refractivity contribution in [3.05, 3.63) is 24.2 Å². The van der Waals surface area contributed by atoms with Crippen molar-refractivity contribution < 1.29 is 4.42 Å². The van der Waals surface area contributed by atoms with Crippen LogP contribution in [0.5, 0.6) is 0 Å². The van der Waals surface area contributed by atoms with Crippen LogP contribution in [0.4, 0.5) is 0 Å². The SMILES string of the molecule is CC1CC(C)C(C)N(CCNCc2ccco2)C1. The van der Waals surface area contributed by atoms with Crippen LogP contribution in [0.2, 0.25) is 0 Å². The number of nitrogens with one attached hydrogen (secondary N) is 1. The van der Waals surface area contributed by atoms with Gasteiger partial charge in [-0.25, -0.2) is 0 Å². The fourth-order valence-corrected chi connectivity index (χ4v) is 2.97. The molecular weight excluding hydrogens is 224 g/mol. The van der Waals surface area contributed by atoms with E-state index in [0.29, 0.717) is 6.04 Å². The molecule has 0 bridgehead atoms. The fourth-order valence-electron chi connectivity index (χ4n) is 2.97. The lowest BCUT2D eigenvalue weighted by molar-refractivity contribution is 0.0805. The van der Waals surface area contributed by atoms with Crippen LogP contribution in [-0.2, 0) is 6.54 Å². The van der Waals surface area contributed by atoms with Crippen molar-refractivity contribution in [3.63, 3.8) is 0 Å². The second-order valence-electron chi connectivity index (χ2n) is 5.81. The van der Waals surface area contributed by atoms with Gasteiger partial charge in [-0.2, -0.15) is 0 Å². The predicted octanol–water partition coefficient (Wildman–Crippen LogP) is 2.74. The topological polar surface area (TPSA) is 28.4 Å².